The van der Waals surface area contributed by atoms with Gasteiger partial charge in [0, 0.05) is 31.7 Å². The average Bonchev–Trinajstić information content (AvgIpc) is 3.08. The van der Waals surface area contributed by atoms with E-state index in [2.05, 4.69) is 37.9 Å². The van der Waals surface area contributed by atoms with E-state index in [0.29, 0.717) is 35.8 Å². The van der Waals surface area contributed by atoms with E-state index in [1.807, 2.05) is 11.4 Å². The van der Waals surface area contributed by atoms with Crippen molar-refractivity contribution in [3.8, 4) is 0 Å². The highest BCUT2D eigenvalue weighted by Gasteiger charge is 2.51. The second-order valence-corrected chi connectivity index (χ2v) is 15.9. The lowest BCUT2D eigenvalue weighted by atomic mass is 9.67. The minimum absolute atomic E-state index is 0.166. The Morgan fingerprint density at radius 3 is 2.20 bits per heavy atom. The van der Waals surface area contributed by atoms with E-state index < -0.39 is 10.0 Å². The highest BCUT2D eigenvalue weighted by atomic mass is 32.2. The molecule has 202 valence electrons. The summed E-state index contributed by atoms with van der Waals surface area (Å²) in [5.74, 6) is 3.78. The van der Waals surface area contributed by atoms with Gasteiger partial charge in [0.15, 0.2) is 0 Å². The molecule has 3 saturated carbocycles. The molecule has 5 aliphatic rings. The van der Waals surface area contributed by atoms with Crippen LogP contribution in [0, 0.1) is 35.5 Å². The Hall–Kier alpha value is -0.170. The molecule has 35 heavy (non-hydrogen) atoms. The number of fused-ring (bicyclic) bond motifs is 3. The second kappa shape index (κ2) is 10.5. The molecule has 5 rings (SSSR count). The first-order valence-corrected chi connectivity index (χ1v) is 16.5. The molecular formula is C29H53N3O2S. The largest absolute Gasteiger partial charge is 0.306 e. The van der Waals surface area contributed by atoms with Crippen LogP contribution in [0.4, 0.5) is 0 Å². The van der Waals surface area contributed by atoms with Crippen molar-refractivity contribution in [3.63, 3.8) is 0 Å². The van der Waals surface area contributed by atoms with Gasteiger partial charge >= 0.3 is 0 Å². The van der Waals surface area contributed by atoms with Crippen molar-refractivity contribution in [3.05, 3.63) is 0 Å². The van der Waals surface area contributed by atoms with Crippen LogP contribution >= 0.6 is 0 Å². The molecule has 3 aliphatic carbocycles. The van der Waals surface area contributed by atoms with Gasteiger partial charge in [-0.25, -0.2) is 12.7 Å². The number of hydrogen-bond donors (Lipinski definition) is 0. The summed E-state index contributed by atoms with van der Waals surface area (Å²) in [4.78, 5) is 5.01. The Labute approximate surface area is 216 Å². The zero-order chi connectivity index (χ0) is 24.9. The summed E-state index contributed by atoms with van der Waals surface area (Å²) >= 11 is 0. The summed E-state index contributed by atoms with van der Waals surface area (Å²) in [6.07, 6.45) is 16.0. The van der Waals surface area contributed by atoms with Crippen LogP contribution < -0.4 is 0 Å². The van der Waals surface area contributed by atoms with Gasteiger partial charge in [-0.3, -0.25) is 0 Å². The SMILES string of the molecule is CC1CCC([C@H]2C[C@H]3CCC(C2CN(C)S(=O)(=O)C2CCCC4C2CCCC4N(C)C)N3C)CC1. The predicted octanol–water partition coefficient (Wildman–Crippen LogP) is 5.07. The molecule has 0 amide bonds. The standard InChI is InChI=1S/C29H53N3O2S/c1-20-12-14-21(15-13-20)25-18-22-16-17-28(32(22)5)26(25)19-31(4)35(33,34)29-11-7-8-23-24(29)9-6-10-27(23)30(2)3/h20-29H,6-19H2,1-5H3/t20?,21?,22-,23?,24?,25-,26?,27?,28?,29?/m1/s1. The molecule has 6 heteroatoms. The molecule has 2 saturated heterocycles. The Morgan fingerprint density at radius 2 is 1.49 bits per heavy atom. The number of nitrogens with zero attached hydrogens (tertiary/aromatic N) is 3. The predicted molar refractivity (Wildman–Crippen MR) is 145 cm³/mol. The van der Waals surface area contributed by atoms with E-state index >= 15 is 0 Å². The summed E-state index contributed by atoms with van der Waals surface area (Å²) in [6, 6.07) is 1.85. The molecule has 6 unspecified atom stereocenters. The van der Waals surface area contributed by atoms with Crippen LogP contribution in [-0.4, -0.2) is 80.6 Å². The maximum Gasteiger partial charge on any atom is 0.217 e. The van der Waals surface area contributed by atoms with Crippen LogP contribution in [0.2, 0.25) is 0 Å². The van der Waals surface area contributed by atoms with Gasteiger partial charge in [0.1, 0.15) is 0 Å². The molecule has 8 atom stereocenters. The fourth-order valence-electron chi connectivity index (χ4n) is 9.68. The van der Waals surface area contributed by atoms with Crippen LogP contribution in [0.1, 0.15) is 90.4 Å². The van der Waals surface area contributed by atoms with Gasteiger partial charge in [0.2, 0.25) is 10.0 Å². The summed E-state index contributed by atoms with van der Waals surface area (Å²) in [6.45, 7) is 3.15. The molecule has 5 nitrogen and oxygen atoms in total. The summed E-state index contributed by atoms with van der Waals surface area (Å²) in [7, 11) is 5.36. The van der Waals surface area contributed by atoms with Crippen LogP contribution in [-0.2, 0) is 10.0 Å². The molecule has 0 N–H and O–H groups in total. The van der Waals surface area contributed by atoms with Crippen molar-refractivity contribution in [2.24, 2.45) is 35.5 Å². The monoisotopic (exact) mass is 507 g/mol. The van der Waals surface area contributed by atoms with Crippen molar-refractivity contribution < 1.29 is 8.42 Å². The molecule has 2 bridgehead atoms. The quantitative estimate of drug-likeness (QED) is 0.503. The van der Waals surface area contributed by atoms with E-state index in [9.17, 15) is 8.42 Å². The molecule has 2 aliphatic heterocycles. The molecular weight excluding hydrogens is 454 g/mol. The van der Waals surface area contributed by atoms with Gasteiger partial charge in [0.25, 0.3) is 0 Å². The number of sulfonamides is 1. The van der Waals surface area contributed by atoms with Crippen molar-refractivity contribution in [1.82, 2.24) is 14.1 Å². The van der Waals surface area contributed by atoms with E-state index in [0.717, 1.165) is 43.7 Å². The lowest BCUT2D eigenvalue weighted by Crippen LogP contribution is -2.55. The lowest BCUT2D eigenvalue weighted by molar-refractivity contribution is 0.0155. The van der Waals surface area contributed by atoms with Gasteiger partial charge in [-0.2, -0.15) is 0 Å². The van der Waals surface area contributed by atoms with E-state index in [-0.39, 0.29) is 5.25 Å². The molecule has 0 radical (unpaired) electrons. The molecule has 0 spiro atoms. The third-order valence-electron chi connectivity index (χ3n) is 11.7. The third kappa shape index (κ3) is 5.00. The minimum atomic E-state index is -3.28. The summed E-state index contributed by atoms with van der Waals surface area (Å²) in [5.41, 5.74) is 0. The normalized spacial score (nSPS) is 45.1. The van der Waals surface area contributed by atoms with E-state index in [4.69, 9.17) is 0 Å². The molecule has 0 aromatic carbocycles. The fraction of sp³-hybridized carbons (Fsp3) is 1.00. The van der Waals surface area contributed by atoms with Crippen LogP contribution in [0.5, 0.6) is 0 Å². The van der Waals surface area contributed by atoms with Crippen molar-refractivity contribution in [2.75, 3.05) is 34.7 Å². The van der Waals surface area contributed by atoms with E-state index in [1.165, 1.54) is 64.2 Å². The Kier molecular flexibility index (Phi) is 7.96. The maximum absolute atomic E-state index is 14.2. The van der Waals surface area contributed by atoms with Gasteiger partial charge in [-0.05, 0) is 114 Å². The van der Waals surface area contributed by atoms with Crippen molar-refractivity contribution in [2.45, 2.75) is 114 Å². The van der Waals surface area contributed by atoms with E-state index in [1.54, 1.807) is 0 Å². The van der Waals surface area contributed by atoms with Crippen LogP contribution in [0.15, 0.2) is 0 Å². The highest BCUT2D eigenvalue weighted by Crippen LogP contribution is 2.49. The molecule has 0 aromatic rings. The minimum Gasteiger partial charge on any atom is -0.306 e. The van der Waals surface area contributed by atoms with Gasteiger partial charge < -0.3 is 9.80 Å². The Bertz CT molecular complexity index is 824. The molecule has 2 heterocycles. The smallest absolute Gasteiger partial charge is 0.217 e. The first-order valence-electron chi connectivity index (χ1n) is 15.0. The zero-order valence-corrected chi connectivity index (χ0v) is 24.1. The number of hydrogen-bond acceptors (Lipinski definition) is 4. The zero-order valence-electron chi connectivity index (χ0n) is 23.2. The van der Waals surface area contributed by atoms with Crippen molar-refractivity contribution >= 4 is 10.0 Å². The highest BCUT2D eigenvalue weighted by molar-refractivity contribution is 7.89. The van der Waals surface area contributed by atoms with Gasteiger partial charge in [-0.1, -0.05) is 32.6 Å². The summed E-state index contributed by atoms with van der Waals surface area (Å²) < 4.78 is 30.3. The van der Waals surface area contributed by atoms with Gasteiger partial charge in [-0.15, -0.1) is 0 Å². The topological polar surface area (TPSA) is 43.9 Å². The van der Waals surface area contributed by atoms with Crippen LogP contribution in [0.3, 0.4) is 0 Å². The first kappa shape index (κ1) is 26.4. The first-order chi connectivity index (χ1) is 16.7. The van der Waals surface area contributed by atoms with Gasteiger partial charge in [0.05, 0.1) is 5.25 Å². The van der Waals surface area contributed by atoms with Crippen molar-refractivity contribution in [1.29, 1.82) is 0 Å². The van der Waals surface area contributed by atoms with Crippen LogP contribution in [0.25, 0.3) is 0 Å². The average molecular weight is 508 g/mol. The third-order valence-corrected chi connectivity index (χ3v) is 14.1. The maximum atomic E-state index is 14.2. The molecule has 5 fully saturated rings. The fourth-order valence-corrected chi connectivity index (χ4v) is 11.8. The number of rotatable bonds is 6. The summed E-state index contributed by atoms with van der Waals surface area (Å²) in [5, 5.41) is -0.166. The Balaban J connectivity index is 1.34. The number of piperidine rings is 1. The molecule has 0 aromatic heterocycles. The Morgan fingerprint density at radius 1 is 0.800 bits per heavy atom. The second-order valence-electron chi connectivity index (χ2n) is 13.6. The lowest BCUT2D eigenvalue weighted by Gasteiger charge is -2.50.